The monoisotopic (exact) mass is 490 g/mol. The van der Waals surface area contributed by atoms with Crippen LogP contribution in [0.15, 0.2) is 24.3 Å². The Balaban J connectivity index is 3.50. The van der Waals surface area contributed by atoms with Gasteiger partial charge >= 0.3 is 6.09 Å². The number of primary amides is 1. The molecule has 0 radical (unpaired) electrons. The van der Waals surface area contributed by atoms with Crippen LogP contribution >= 0.6 is 0 Å². The van der Waals surface area contributed by atoms with E-state index >= 15 is 0 Å². The number of nitrogens with two attached hydrogens (primary N) is 1. The molecule has 0 aliphatic rings. The number of nitrogens with one attached hydrogen (secondary N) is 2. The number of carbonyl (C=O) groups is 4. The van der Waals surface area contributed by atoms with Gasteiger partial charge in [-0.1, -0.05) is 36.8 Å². The number of hydrogen-bond donors (Lipinski definition) is 3. The molecule has 0 fully saturated rings. The molecule has 0 bridgehead atoms. The molecule has 1 aromatic carbocycles. The van der Waals surface area contributed by atoms with Crippen LogP contribution in [0.4, 0.5) is 4.79 Å². The second-order valence-electron chi connectivity index (χ2n) is 10.2. The highest BCUT2D eigenvalue weighted by molar-refractivity contribution is 5.92. The lowest BCUT2D eigenvalue weighted by molar-refractivity contribution is -0.145. The van der Waals surface area contributed by atoms with Crippen LogP contribution in [0.25, 0.3) is 0 Å². The summed E-state index contributed by atoms with van der Waals surface area (Å²) in [5.41, 5.74) is 6.22. The highest BCUT2D eigenvalue weighted by atomic mass is 16.6. The molecule has 4 N–H and O–H groups in total. The lowest BCUT2D eigenvalue weighted by Crippen LogP contribution is -2.56. The van der Waals surface area contributed by atoms with Crippen molar-refractivity contribution < 1.29 is 23.9 Å². The van der Waals surface area contributed by atoms with Crippen LogP contribution in [0, 0.1) is 6.92 Å². The molecule has 9 nitrogen and oxygen atoms in total. The van der Waals surface area contributed by atoms with Gasteiger partial charge < -0.3 is 26.0 Å². The summed E-state index contributed by atoms with van der Waals surface area (Å²) in [5.74, 6) is -1.42. The van der Waals surface area contributed by atoms with Crippen LogP contribution in [0.1, 0.15) is 84.9 Å². The summed E-state index contributed by atoms with van der Waals surface area (Å²) in [6, 6.07) is 4.88. The molecule has 4 amide bonds. The molecule has 0 aromatic heterocycles. The van der Waals surface area contributed by atoms with E-state index in [9.17, 15) is 19.2 Å². The summed E-state index contributed by atoms with van der Waals surface area (Å²) in [7, 11) is 0. The van der Waals surface area contributed by atoms with Gasteiger partial charge in [0.1, 0.15) is 17.7 Å². The topological polar surface area (TPSA) is 131 Å². The fourth-order valence-electron chi connectivity index (χ4n) is 3.52. The fourth-order valence-corrected chi connectivity index (χ4v) is 3.52. The molecule has 9 heteroatoms. The summed E-state index contributed by atoms with van der Waals surface area (Å²) in [6.07, 6.45) is -0.360. The third-order valence-corrected chi connectivity index (χ3v) is 5.34. The zero-order chi connectivity index (χ0) is 26.9. The molecular formula is C26H42N4O5. The van der Waals surface area contributed by atoms with Gasteiger partial charge in [0, 0.05) is 18.5 Å². The lowest BCUT2D eigenvalue weighted by Gasteiger charge is -2.38. The summed E-state index contributed by atoms with van der Waals surface area (Å²) in [6.45, 7) is 14.5. The van der Waals surface area contributed by atoms with Crippen molar-refractivity contribution in [2.24, 2.45) is 5.73 Å². The number of aryl methyl sites for hydroxylation is 1. The van der Waals surface area contributed by atoms with Crippen LogP contribution in [-0.4, -0.2) is 52.4 Å². The first-order chi connectivity index (χ1) is 16.2. The van der Waals surface area contributed by atoms with E-state index in [1.807, 2.05) is 58.9 Å². The molecule has 0 aliphatic carbocycles. The van der Waals surface area contributed by atoms with E-state index in [2.05, 4.69) is 10.6 Å². The predicted molar refractivity (Wildman–Crippen MR) is 135 cm³/mol. The average Bonchev–Trinajstić information content (AvgIpc) is 2.72. The van der Waals surface area contributed by atoms with Gasteiger partial charge in [0.25, 0.3) is 0 Å². The number of ether oxygens (including phenoxy) is 1. The third-order valence-electron chi connectivity index (χ3n) is 5.34. The Bertz CT molecular complexity index is 877. The van der Waals surface area contributed by atoms with E-state index in [0.717, 1.165) is 5.56 Å². The van der Waals surface area contributed by atoms with Crippen molar-refractivity contribution in [3.8, 4) is 0 Å². The Morgan fingerprint density at radius 3 is 2.06 bits per heavy atom. The Morgan fingerprint density at radius 1 is 1.03 bits per heavy atom. The van der Waals surface area contributed by atoms with Gasteiger partial charge in [0.05, 0.1) is 0 Å². The molecule has 1 rings (SSSR count). The molecule has 1 aromatic rings. The molecule has 196 valence electrons. The quantitative estimate of drug-likeness (QED) is 0.438. The first-order valence-corrected chi connectivity index (χ1v) is 12.1. The van der Waals surface area contributed by atoms with Crippen LogP contribution in [0.2, 0.25) is 0 Å². The standard InChI is InChI=1S/C26H42N4O5/c1-9-18(5)30(22(23(32)28-16(2)3)19-12-10-17(4)11-13-19)24(33)20(14-15-21(27)31)29-25(34)35-26(6,7)8/h10-13,16,18,20,22H,9,14-15H2,1-8H3,(H2,27,31)(H,28,32)(H,29,34). The summed E-state index contributed by atoms with van der Waals surface area (Å²) < 4.78 is 5.33. The predicted octanol–water partition coefficient (Wildman–Crippen LogP) is 3.35. The Morgan fingerprint density at radius 2 is 1.60 bits per heavy atom. The number of hydrogen-bond acceptors (Lipinski definition) is 5. The molecule has 3 atom stereocenters. The second-order valence-corrected chi connectivity index (χ2v) is 10.2. The SMILES string of the molecule is CCC(C)N(C(=O)C(CCC(N)=O)NC(=O)OC(C)(C)C)C(C(=O)NC(C)C)c1ccc(C)cc1. The van der Waals surface area contributed by atoms with Crippen LogP contribution in [0.5, 0.6) is 0 Å². The molecule has 0 heterocycles. The van der Waals surface area contributed by atoms with Crippen molar-refractivity contribution in [2.75, 3.05) is 0 Å². The Hall–Kier alpha value is -3.10. The molecule has 35 heavy (non-hydrogen) atoms. The first kappa shape index (κ1) is 29.9. The molecule has 0 saturated carbocycles. The van der Waals surface area contributed by atoms with Gasteiger partial charge in [0.15, 0.2) is 0 Å². The average molecular weight is 491 g/mol. The fraction of sp³-hybridized carbons (Fsp3) is 0.615. The zero-order valence-electron chi connectivity index (χ0n) is 22.3. The minimum atomic E-state index is -1.11. The maximum Gasteiger partial charge on any atom is 0.408 e. The largest absolute Gasteiger partial charge is 0.444 e. The van der Waals surface area contributed by atoms with Gasteiger partial charge in [-0.15, -0.1) is 0 Å². The Labute approximate surface area is 209 Å². The number of alkyl carbamates (subject to hydrolysis) is 1. The third kappa shape index (κ3) is 9.96. The van der Waals surface area contributed by atoms with Crippen molar-refractivity contribution >= 4 is 23.8 Å². The van der Waals surface area contributed by atoms with E-state index in [-0.39, 0.29) is 30.8 Å². The highest BCUT2D eigenvalue weighted by Crippen LogP contribution is 2.27. The smallest absolute Gasteiger partial charge is 0.408 e. The highest BCUT2D eigenvalue weighted by Gasteiger charge is 2.38. The lowest BCUT2D eigenvalue weighted by atomic mass is 9.98. The maximum atomic E-state index is 14.0. The Kier molecular flexibility index (Phi) is 11.2. The van der Waals surface area contributed by atoms with Crippen LogP contribution in [-0.2, 0) is 19.1 Å². The van der Waals surface area contributed by atoms with Gasteiger partial charge in [-0.05, 0) is 66.9 Å². The van der Waals surface area contributed by atoms with E-state index in [1.54, 1.807) is 20.8 Å². The molecule has 0 aliphatic heterocycles. The first-order valence-electron chi connectivity index (χ1n) is 12.1. The minimum absolute atomic E-state index is 0.0211. The number of rotatable bonds is 11. The summed E-state index contributed by atoms with van der Waals surface area (Å²) in [4.78, 5) is 52.9. The summed E-state index contributed by atoms with van der Waals surface area (Å²) >= 11 is 0. The van der Waals surface area contributed by atoms with E-state index in [0.29, 0.717) is 12.0 Å². The number of nitrogens with zero attached hydrogens (tertiary/aromatic N) is 1. The van der Waals surface area contributed by atoms with Crippen LogP contribution < -0.4 is 16.4 Å². The summed E-state index contributed by atoms with van der Waals surface area (Å²) in [5, 5.41) is 5.50. The molecule has 0 spiro atoms. The van der Waals surface area contributed by atoms with E-state index in [1.165, 1.54) is 4.90 Å². The van der Waals surface area contributed by atoms with Crippen molar-refractivity contribution in [3.63, 3.8) is 0 Å². The van der Waals surface area contributed by atoms with Gasteiger partial charge in [-0.2, -0.15) is 0 Å². The van der Waals surface area contributed by atoms with Crippen molar-refractivity contribution in [2.45, 2.75) is 104 Å². The van der Waals surface area contributed by atoms with E-state index in [4.69, 9.17) is 10.5 Å². The molecule has 0 saturated heterocycles. The van der Waals surface area contributed by atoms with Crippen LogP contribution in [0.3, 0.4) is 0 Å². The van der Waals surface area contributed by atoms with Crippen molar-refractivity contribution in [1.82, 2.24) is 15.5 Å². The van der Waals surface area contributed by atoms with E-state index < -0.39 is 35.6 Å². The number of amides is 4. The number of benzene rings is 1. The normalized spacial score (nSPS) is 14.0. The number of carbonyl (C=O) groups excluding carboxylic acids is 4. The van der Waals surface area contributed by atoms with Gasteiger partial charge in [-0.25, -0.2) is 4.79 Å². The maximum absolute atomic E-state index is 14.0. The zero-order valence-corrected chi connectivity index (χ0v) is 22.3. The molecular weight excluding hydrogens is 448 g/mol. The van der Waals surface area contributed by atoms with Gasteiger partial charge in [0.2, 0.25) is 17.7 Å². The van der Waals surface area contributed by atoms with Crippen molar-refractivity contribution in [1.29, 1.82) is 0 Å². The van der Waals surface area contributed by atoms with Gasteiger partial charge in [-0.3, -0.25) is 14.4 Å². The molecule has 3 unspecified atom stereocenters. The van der Waals surface area contributed by atoms with Crippen molar-refractivity contribution in [3.05, 3.63) is 35.4 Å². The minimum Gasteiger partial charge on any atom is -0.444 e. The second kappa shape index (κ2) is 13.1.